The maximum Gasteiger partial charge on any atom is 0.251 e. The van der Waals surface area contributed by atoms with Gasteiger partial charge in [-0.2, -0.15) is 0 Å². The Morgan fingerprint density at radius 3 is 2.53 bits per heavy atom. The Morgan fingerprint density at radius 1 is 1.40 bits per heavy atom. The Balaban J connectivity index is 2.96. The van der Waals surface area contributed by atoms with E-state index in [1.807, 2.05) is 26.8 Å². The summed E-state index contributed by atoms with van der Waals surface area (Å²) in [7, 11) is 0. The zero-order chi connectivity index (χ0) is 11.6. The first kappa shape index (κ1) is 12.5. The summed E-state index contributed by atoms with van der Waals surface area (Å²) in [6.45, 7) is 5.45. The number of carbonyl (C=O) groups is 1. The Hall–Kier alpha value is -0.600. The molecule has 0 fully saturated rings. The number of nitrogens with zero attached hydrogens (tertiary/aromatic N) is 1. The van der Waals surface area contributed by atoms with E-state index in [0.717, 1.165) is 0 Å². The molecule has 0 heterocycles. The van der Waals surface area contributed by atoms with Crippen molar-refractivity contribution < 1.29 is 4.79 Å². The summed E-state index contributed by atoms with van der Waals surface area (Å²) < 4.78 is 0. The van der Waals surface area contributed by atoms with Gasteiger partial charge >= 0.3 is 0 Å². The van der Waals surface area contributed by atoms with Gasteiger partial charge in [0.05, 0.1) is 15.8 Å². The predicted octanol–water partition coefficient (Wildman–Crippen LogP) is 3.65. The number of hydrogen-bond donors (Lipinski definition) is 0. The fraction of sp³-hybridized carbons (Fsp3) is 0.455. The van der Waals surface area contributed by atoms with E-state index >= 15 is 0 Å². The molecular weight excluding hydrogens is 233 g/mol. The molecule has 1 aliphatic rings. The van der Waals surface area contributed by atoms with Crippen LogP contribution in [-0.2, 0) is 4.79 Å². The minimum atomic E-state index is -0.488. The highest BCUT2D eigenvalue weighted by Gasteiger charge is 2.22. The van der Waals surface area contributed by atoms with Crippen LogP contribution in [0.3, 0.4) is 0 Å². The van der Waals surface area contributed by atoms with Crippen LogP contribution in [0, 0.1) is 5.41 Å². The summed E-state index contributed by atoms with van der Waals surface area (Å²) in [5, 5.41) is 0.806. The highest BCUT2D eigenvalue weighted by Crippen LogP contribution is 2.25. The number of amides is 1. The van der Waals surface area contributed by atoms with Gasteiger partial charge in [0.15, 0.2) is 0 Å². The third-order valence-electron chi connectivity index (χ3n) is 1.92. The van der Waals surface area contributed by atoms with Crippen LogP contribution in [0.5, 0.6) is 0 Å². The SMILES string of the molecule is CC(C)(C)C(=O)N=C1CC=CC(Cl)=C1Cl. The number of aliphatic imine (C=N–C) groups is 1. The molecule has 0 N–H and O–H groups in total. The van der Waals surface area contributed by atoms with E-state index in [1.54, 1.807) is 6.08 Å². The maximum absolute atomic E-state index is 11.6. The number of halogens is 2. The van der Waals surface area contributed by atoms with Crippen molar-refractivity contribution in [1.29, 1.82) is 0 Å². The normalized spacial score (nSPS) is 19.9. The van der Waals surface area contributed by atoms with Crippen LogP contribution in [0.4, 0.5) is 0 Å². The minimum absolute atomic E-state index is 0.185. The summed E-state index contributed by atoms with van der Waals surface area (Å²) in [5.41, 5.74) is 0.0572. The largest absolute Gasteiger partial charge is 0.272 e. The van der Waals surface area contributed by atoms with Gasteiger partial charge in [-0.1, -0.05) is 50.0 Å². The molecule has 0 spiro atoms. The Bertz CT molecular complexity index is 373. The van der Waals surface area contributed by atoms with E-state index in [9.17, 15) is 4.79 Å². The number of carbonyl (C=O) groups excluding carboxylic acids is 1. The van der Waals surface area contributed by atoms with Gasteiger partial charge in [0.1, 0.15) is 0 Å². The maximum atomic E-state index is 11.6. The standard InChI is InChI=1S/C11H13Cl2NO/c1-11(2,3)10(15)14-8-6-4-5-7(12)9(8)13/h4-5H,6H2,1-3H3. The lowest BCUT2D eigenvalue weighted by atomic mass is 9.96. The van der Waals surface area contributed by atoms with Crippen molar-refractivity contribution in [1.82, 2.24) is 0 Å². The van der Waals surface area contributed by atoms with Crippen LogP contribution in [-0.4, -0.2) is 11.6 Å². The second-order valence-electron chi connectivity index (χ2n) is 4.38. The second-order valence-corrected chi connectivity index (χ2v) is 5.17. The Kier molecular flexibility index (Phi) is 3.74. The molecule has 1 aliphatic carbocycles. The van der Waals surface area contributed by atoms with Crippen molar-refractivity contribution >= 4 is 34.8 Å². The lowest BCUT2D eigenvalue weighted by Crippen LogP contribution is -2.20. The number of rotatable bonds is 0. The molecule has 0 aromatic rings. The monoisotopic (exact) mass is 245 g/mol. The molecule has 1 amide bonds. The van der Waals surface area contributed by atoms with Crippen molar-refractivity contribution in [3.63, 3.8) is 0 Å². The van der Waals surface area contributed by atoms with Crippen LogP contribution in [0.2, 0.25) is 0 Å². The van der Waals surface area contributed by atoms with Gasteiger partial charge in [-0.05, 0) is 6.08 Å². The zero-order valence-electron chi connectivity index (χ0n) is 8.97. The van der Waals surface area contributed by atoms with E-state index in [2.05, 4.69) is 4.99 Å². The molecular formula is C11H13Cl2NO. The van der Waals surface area contributed by atoms with Crippen molar-refractivity contribution in [3.8, 4) is 0 Å². The molecule has 0 saturated heterocycles. The molecule has 15 heavy (non-hydrogen) atoms. The molecule has 4 heteroatoms. The van der Waals surface area contributed by atoms with Crippen LogP contribution in [0.1, 0.15) is 27.2 Å². The van der Waals surface area contributed by atoms with Gasteiger partial charge in [-0.25, -0.2) is 4.99 Å². The number of allylic oxidation sites excluding steroid dienone is 4. The molecule has 0 unspecified atom stereocenters. The van der Waals surface area contributed by atoms with Crippen LogP contribution < -0.4 is 0 Å². The van der Waals surface area contributed by atoms with Gasteiger partial charge in [-0.3, -0.25) is 4.79 Å². The van der Waals surface area contributed by atoms with Crippen molar-refractivity contribution in [2.75, 3.05) is 0 Å². The van der Waals surface area contributed by atoms with Gasteiger partial charge in [0.25, 0.3) is 5.91 Å². The number of hydrogen-bond acceptors (Lipinski definition) is 1. The van der Waals surface area contributed by atoms with E-state index in [1.165, 1.54) is 0 Å². The summed E-state index contributed by atoms with van der Waals surface area (Å²) in [6.07, 6.45) is 4.10. The van der Waals surface area contributed by atoms with Crippen LogP contribution in [0.25, 0.3) is 0 Å². The topological polar surface area (TPSA) is 29.4 Å². The molecule has 0 atom stereocenters. The van der Waals surface area contributed by atoms with Gasteiger partial charge in [-0.15, -0.1) is 0 Å². The van der Waals surface area contributed by atoms with Crippen molar-refractivity contribution in [3.05, 3.63) is 22.2 Å². The minimum Gasteiger partial charge on any atom is -0.272 e. The summed E-state index contributed by atoms with van der Waals surface area (Å²) in [4.78, 5) is 15.6. The first-order chi connectivity index (χ1) is 6.82. The highest BCUT2D eigenvalue weighted by atomic mass is 35.5. The molecule has 0 bridgehead atoms. The van der Waals surface area contributed by atoms with Gasteiger partial charge in [0, 0.05) is 11.8 Å². The predicted molar refractivity (Wildman–Crippen MR) is 64.4 cm³/mol. The lowest BCUT2D eigenvalue weighted by Gasteiger charge is -2.15. The molecule has 0 aliphatic heterocycles. The fourth-order valence-electron chi connectivity index (χ4n) is 0.960. The molecule has 0 radical (unpaired) electrons. The van der Waals surface area contributed by atoms with E-state index in [4.69, 9.17) is 23.2 Å². The van der Waals surface area contributed by atoms with E-state index in [0.29, 0.717) is 22.2 Å². The fourth-order valence-corrected chi connectivity index (χ4v) is 1.34. The van der Waals surface area contributed by atoms with E-state index < -0.39 is 5.41 Å². The Labute approximate surface area is 99.7 Å². The first-order valence-corrected chi connectivity index (χ1v) is 5.42. The molecule has 0 aromatic carbocycles. The third kappa shape index (κ3) is 3.18. The highest BCUT2D eigenvalue weighted by molar-refractivity contribution is 6.50. The lowest BCUT2D eigenvalue weighted by molar-refractivity contribution is -0.124. The molecule has 0 aromatic heterocycles. The summed E-state index contributed by atoms with van der Waals surface area (Å²) >= 11 is 11.8. The van der Waals surface area contributed by atoms with Crippen molar-refractivity contribution in [2.45, 2.75) is 27.2 Å². The second kappa shape index (κ2) is 4.50. The summed E-state index contributed by atoms with van der Waals surface area (Å²) in [5.74, 6) is -0.185. The zero-order valence-corrected chi connectivity index (χ0v) is 10.5. The van der Waals surface area contributed by atoms with Crippen LogP contribution >= 0.6 is 23.2 Å². The molecule has 0 saturated carbocycles. The van der Waals surface area contributed by atoms with E-state index in [-0.39, 0.29) is 5.91 Å². The average Bonchev–Trinajstić information content (AvgIpc) is 2.11. The third-order valence-corrected chi connectivity index (χ3v) is 2.75. The average molecular weight is 246 g/mol. The molecule has 82 valence electrons. The Morgan fingerprint density at radius 2 is 2.00 bits per heavy atom. The smallest absolute Gasteiger partial charge is 0.251 e. The van der Waals surface area contributed by atoms with Gasteiger partial charge in [0.2, 0.25) is 0 Å². The summed E-state index contributed by atoms with van der Waals surface area (Å²) in [6, 6.07) is 0. The first-order valence-electron chi connectivity index (χ1n) is 4.66. The molecule has 1 rings (SSSR count). The van der Waals surface area contributed by atoms with Gasteiger partial charge < -0.3 is 0 Å². The van der Waals surface area contributed by atoms with Crippen molar-refractivity contribution in [2.24, 2.45) is 10.4 Å². The van der Waals surface area contributed by atoms with Crippen LogP contribution in [0.15, 0.2) is 27.2 Å². The molecule has 2 nitrogen and oxygen atoms in total. The quantitative estimate of drug-likeness (QED) is 0.641.